The lowest BCUT2D eigenvalue weighted by molar-refractivity contribution is -0.128. The normalized spacial score (nSPS) is 14.8. The molecule has 0 saturated heterocycles. The van der Waals surface area contributed by atoms with Gasteiger partial charge < -0.3 is 10.6 Å². The Morgan fingerprint density at radius 2 is 1.82 bits per heavy atom. The number of amides is 2. The number of thioether (sulfide) groups is 1. The van der Waals surface area contributed by atoms with Gasteiger partial charge in [0.25, 0.3) is 0 Å². The van der Waals surface area contributed by atoms with Crippen molar-refractivity contribution >= 4 is 23.6 Å². The van der Waals surface area contributed by atoms with E-state index in [-0.39, 0.29) is 24.3 Å². The Morgan fingerprint density at radius 3 is 2.50 bits per heavy atom. The van der Waals surface area contributed by atoms with Crippen LogP contribution >= 0.6 is 11.8 Å². The van der Waals surface area contributed by atoms with Crippen molar-refractivity contribution in [1.82, 2.24) is 10.6 Å². The van der Waals surface area contributed by atoms with Gasteiger partial charge in [-0.15, -0.1) is 11.8 Å². The third-order valence-corrected chi connectivity index (χ3v) is 4.88. The lowest BCUT2D eigenvalue weighted by atomic mass is 10.1. The molecule has 1 fully saturated rings. The van der Waals surface area contributed by atoms with Crippen molar-refractivity contribution in [2.24, 2.45) is 5.92 Å². The lowest BCUT2D eigenvalue weighted by Gasteiger charge is -2.10. The fraction of sp³-hybridized carbons (Fsp3) is 0.529. The molecule has 1 saturated carbocycles. The minimum Gasteiger partial charge on any atom is -0.354 e. The number of benzene rings is 1. The zero-order chi connectivity index (χ0) is 15.8. The number of nitrogens with one attached hydrogen (secondary N) is 2. The molecule has 0 aliphatic heterocycles. The molecule has 1 aromatic carbocycles. The van der Waals surface area contributed by atoms with E-state index in [2.05, 4.69) is 41.8 Å². The van der Waals surface area contributed by atoms with Crippen LogP contribution in [0.3, 0.4) is 0 Å². The Labute approximate surface area is 136 Å². The van der Waals surface area contributed by atoms with Crippen molar-refractivity contribution in [2.45, 2.75) is 37.5 Å². The highest BCUT2D eigenvalue weighted by Gasteiger charge is 2.22. The quantitative estimate of drug-likeness (QED) is 0.599. The first kappa shape index (κ1) is 16.9. The maximum Gasteiger partial charge on any atom is 0.239 e. The maximum absolute atomic E-state index is 11.8. The summed E-state index contributed by atoms with van der Waals surface area (Å²) in [6.07, 6.45) is 4.17. The summed E-state index contributed by atoms with van der Waals surface area (Å²) in [4.78, 5) is 24.7. The van der Waals surface area contributed by atoms with Gasteiger partial charge in [-0.25, -0.2) is 0 Å². The molecule has 1 aromatic rings. The molecule has 2 rings (SSSR count). The van der Waals surface area contributed by atoms with Crippen molar-refractivity contribution in [2.75, 3.05) is 18.8 Å². The standard InChI is InChI=1S/C17H24N2O2S/c1-13-6-8-15(9-7-13)22-11-10-18-16(20)12-19-17(21)14-4-2-3-5-14/h6-9,14H,2-5,10-12H2,1H3,(H,18,20)(H,19,21). The van der Waals surface area contributed by atoms with E-state index in [1.807, 2.05) is 0 Å². The minimum atomic E-state index is -0.115. The van der Waals surface area contributed by atoms with Gasteiger partial charge in [-0.3, -0.25) is 9.59 Å². The maximum atomic E-state index is 11.8. The molecule has 1 aliphatic rings. The minimum absolute atomic E-state index is 0.0293. The smallest absolute Gasteiger partial charge is 0.239 e. The van der Waals surface area contributed by atoms with E-state index < -0.39 is 0 Å². The van der Waals surface area contributed by atoms with E-state index in [0.29, 0.717) is 6.54 Å². The van der Waals surface area contributed by atoms with Gasteiger partial charge in [0.15, 0.2) is 0 Å². The third-order valence-electron chi connectivity index (χ3n) is 3.86. The Hall–Kier alpha value is -1.49. The molecule has 0 unspecified atom stereocenters. The van der Waals surface area contributed by atoms with Crippen LogP contribution in [0.2, 0.25) is 0 Å². The Kier molecular flexibility index (Phi) is 6.77. The van der Waals surface area contributed by atoms with Crippen LogP contribution in [-0.4, -0.2) is 30.7 Å². The summed E-state index contributed by atoms with van der Waals surface area (Å²) in [6, 6.07) is 8.34. The second-order valence-electron chi connectivity index (χ2n) is 5.71. The molecule has 120 valence electrons. The largest absolute Gasteiger partial charge is 0.354 e. The monoisotopic (exact) mass is 320 g/mol. The third kappa shape index (κ3) is 5.72. The zero-order valence-electron chi connectivity index (χ0n) is 13.1. The molecule has 2 amide bonds. The van der Waals surface area contributed by atoms with Crippen LogP contribution in [-0.2, 0) is 9.59 Å². The van der Waals surface area contributed by atoms with Gasteiger partial charge in [0, 0.05) is 23.1 Å². The predicted molar refractivity (Wildman–Crippen MR) is 89.9 cm³/mol. The number of carbonyl (C=O) groups excluding carboxylic acids is 2. The number of aryl methyl sites for hydroxylation is 1. The molecular weight excluding hydrogens is 296 g/mol. The van der Waals surface area contributed by atoms with Gasteiger partial charge in [-0.2, -0.15) is 0 Å². The van der Waals surface area contributed by atoms with Crippen LogP contribution in [0.25, 0.3) is 0 Å². The molecule has 5 heteroatoms. The summed E-state index contributed by atoms with van der Waals surface area (Å²) in [5.41, 5.74) is 1.25. The fourth-order valence-electron chi connectivity index (χ4n) is 2.56. The number of hydrogen-bond donors (Lipinski definition) is 2. The molecule has 0 atom stereocenters. The Morgan fingerprint density at radius 1 is 1.14 bits per heavy atom. The van der Waals surface area contributed by atoms with Gasteiger partial charge in [-0.05, 0) is 31.9 Å². The lowest BCUT2D eigenvalue weighted by Crippen LogP contribution is -2.39. The first-order chi connectivity index (χ1) is 10.6. The van der Waals surface area contributed by atoms with Crippen molar-refractivity contribution in [3.05, 3.63) is 29.8 Å². The van der Waals surface area contributed by atoms with E-state index in [4.69, 9.17) is 0 Å². The molecule has 0 bridgehead atoms. The van der Waals surface area contributed by atoms with Crippen molar-refractivity contribution in [3.63, 3.8) is 0 Å². The van der Waals surface area contributed by atoms with Gasteiger partial charge in [-0.1, -0.05) is 30.5 Å². The highest BCUT2D eigenvalue weighted by atomic mass is 32.2. The topological polar surface area (TPSA) is 58.2 Å². The second-order valence-corrected chi connectivity index (χ2v) is 6.88. The predicted octanol–water partition coefficient (Wildman–Crippen LogP) is 2.51. The summed E-state index contributed by atoms with van der Waals surface area (Å²) in [7, 11) is 0. The van der Waals surface area contributed by atoms with E-state index in [9.17, 15) is 9.59 Å². The average molecular weight is 320 g/mol. The highest BCUT2D eigenvalue weighted by Crippen LogP contribution is 2.24. The second kappa shape index (κ2) is 8.83. The first-order valence-electron chi connectivity index (χ1n) is 7.89. The van der Waals surface area contributed by atoms with Crippen LogP contribution in [0.1, 0.15) is 31.2 Å². The number of carbonyl (C=O) groups is 2. The van der Waals surface area contributed by atoms with Crippen LogP contribution in [0.4, 0.5) is 0 Å². The van der Waals surface area contributed by atoms with Gasteiger partial charge >= 0.3 is 0 Å². The summed E-state index contributed by atoms with van der Waals surface area (Å²) in [5.74, 6) is 0.855. The molecule has 0 aromatic heterocycles. The summed E-state index contributed by atoms with van der Waals surface area (Å²) < 4.78 is 0. The number of rotatable bonds is 7. The van der Waals surface area contributed by atoms with Gasteiger partial charge in [0.05, 0.1) is 6.54 Å². The number of hydrogen-bond acceptors (Lipinski definition) is 3. The highest BCUT2D eigenvalue weighted by molar-refractivity contribution is 7.99. The molecule has 0 spiro atoms. The van der Waals surface area contributed by atoms with Gasteiger partial charge in [0.1, 0.15) is 0 Å². The Balaban J connectivity index is 1.55. The SMILES string of the molecule is Cc1ccc(SCCNC(=O)CNC(=O)C2CCCC2)cc1. The van der Waals surface area contributed by atoms with Crippen molar-refractivity contribution < 1.29 is 9.59 Å². The Bertz CT molecular complexity index is 496. The molecular formula is C17H24N2O2S. The van der Waals surface area contributed by atoms with Crippen LogP contribution in [0, 0.1) is 12.8 Å². The van der Waals surface area contributed by atoms with Crippen LogP contribution in [0.5, 0.6) is 0 Å². The van der Waals surface area contributed by atoms with E-state index >= 15 is 0 Å². The molecule has 0 heterocycles. The molecule has 0 radical (unpaired) electrons. The van der Waals surface area contributed by atoms with Crippen LogP contribution < -0.4 is 10.6 Å². The van der Waals surface area contributed by atoms with Crippen molar-refractivity contribution in [3.8, 4) is 0 Å². The first-order valence-corrected chi connectivity index (χ1v) is 8.87. The summed E-state index contributed by atoms with van der Waals surface area (Å²) in [6.45, 7) is 2.76. The zero-order valence-corrected chi connectivity index (χ0v) is 13.9. The van der Waals surface area contributed by atoms with Gasteiger partial charge in [0.2, 0.25) is 11.8 Å². The van der Waals surface area contributed by atoms with Crippen LogP contribution in [0.15, 0.2) is 29.2 Å². The van der Waals surface area contributed by atoms with E-state index in [1.54, 1.807) is 11.8 Å². The molecule has 22 heavy (non-hydrogen) atoms. The van der Waals surface area contributed by atoms with Crippen molar-refractivity contribution in [1.29, 1.82) is 0 Å². The fourth-order valence-corrected chi connectivity index (χ4v) is 3.32. The molecule has 1 aliphatic carbocycles. The average Bonchev–Trinajstić information content (AvgIpc) is 3.05. The van der Waals surface area contributed by atoms with E-state index in [1.165, 1.54) is 10.5 Å². The van der Waals surface area contributed by atoms with E-state index in [0.717, 1.165) is 31.4 Å². The molecule has 2 N–H and O–H groups in total. The summed E-state index contributed by atoms with van der Waals surface area (Å²) in [5, 5.41) is 5.57. The summed E-state index contributed by atoms with van der Waals surface area (Å²) >= 11 is 1.71. The molecule has 4 nitrogen and oxygen atoms in total.